The predicted molar refractivity (Wildman–Crippen MR) is 74.6 cm³/mol. The molecule has 0 amide bonds. The zero-order valence-corrected chi connectivity index (χ0v) is 11.4. The summed E-state index contributed by atoms with van der Waals surface area (Å²) in [7, 11) is 0. The second-order valence-corrected chi connectivity index (χ2v) is 4.78. The number of rotatable bonds is 7. The number of aliphatic hydroxyl groups excluding tert-OH is 1. The van der Waals surface area contributed by atoms with Crippen molar-refractivity contribution in [3.8, 4) is 5.75 Å². The van der Waals surface area contributed by atoms with Crippen LogP contribution in [0.2, 0.25) is 0 Å². The number of aliphatic hydroxyl groups is 1. The fourth-order valence-corrected chi connectivity index (χ4v) is 2.29. The number of nitrogens with zero attached hydrogens (tertiary/aromatic N) is 1. The fraction of sp³-hybridized carbons (Fsp3) is 0.600. The van der Waals surface area contributed by atoms with Crippen molar-refractivity contribution >= 4 is 0 Å². The molecule has 0 saturated carbocycles. The van der Waals surface area contributed by atoms with Gasteiger partial charge in [-0.25, -0.2) is 0 Å². The molecule has 4 heteroatoms. The van der Waals surface area contributed by atoms with Gasteiger partial charge in [0.2, 0.25) is 0 Å². The summed E-state index contributed by atoms with van der Waals surface area (Å²) in [5.74, 6) is 0.845. The molecule has 0 aromatic heterocycles. The minimum atomic E-state index is 0.0568. The van der Waals surface area contributed by atoms with Crippen LogP contribution in [-0.2, 0) is 11.2 Å². The first-order valence-corrected chi connectivity index (χ1v) is 7.01. The Labute approximate surface area is 114 Å². The second kappa shape index (κ2) is 8.15. The molecule has 0 radical (unpaired) electrons. The average molecular weight is 265 g/mol. The van der Waals surface area contributed by atoms with Crippen LogP contribution in [0.25, 0.3) is 0 Å². The van der Waals surface area contributed by atoms with Crippen LogP contribution in [0.5, 0.6) is 5.75 Å². The summed E-state index contributed by atoms with van der Waals surface area (Å²) in [6, 6.07) is 8.14. The molecule has 0 aliphatic carbocycles. The molecule has 1 aromatic carbocycles. The summed E-state index contributed by atoms with van der Waals surface area (Å²) >= 11 is 0. The summed E-state index contributed by atoms with van der Waals surface area (Å²) < 4.78 is 10.8. The average Bonchev–Trinajstić information content (AvgIpc) is 2.47. The maximum absolute atomic E-state index is 8.74. The van der Waals surface area contributed by atoms with Crippen molar-refractivity contribution in [1.82, 2.24) is 4.90 Å². The molecule has 106 valence electrons. The Morgan fingerprint density at radius 1 is 1.26 bits per heavy atom. The van der Waals surface area contributed by atoms with Crippen molar-refractivity contribution in [2.45, 2.75) is 12.8 Å². The van der Waals surface area contributed by atoms with Crippen molar-refractivity contribution in [2.75, 3.05) is 46.1 Å². The van der Waals surface area contributed by atoms with Gasteiger partial charge in [0.15, 0.2) is 0 Å². The van der Waals surface area contributed by atoms with Crippen LogP contribution >= 0.6 is 0 Å². The first-order valence-electron chi connectivity index (χ1n) is 7.01. The zero-order chi connectivity index (χ0) is 13.3. The highest BCUT2D eigenvalue weighted by molar-refractivity contribution is 5.28. The van der Waals surface area contributed by atoms with E-state index in [1.54, 1.807) is 0 Å². The SMILES string of the molecule is OCCOc1cccc(CCCN2CCOCC2)c1. The van der Waals surface area contributed by atoms with E-state index < -0.39 is 0 Å². The van der Waals surface area contributed by atoms with Gasteiger partial charge >= 0.3 is 0 Å². The van der Waals surface area contributed by atoms with Crippen LogP contribution in [0, 0.1) is 0 Å². The van der Waals surface area contributed by atoms with Gasteiger partial charge in [-0.1, -0.05) is 12.1 Å². The highest BCUT2D eigenvalue weighted by Crippen LogP contribution is 2.14. The monoisotopic (exact) mass is 265 g/mol. The summed E-state index contributed by atoms with van der Waals surface area (Å²) in [5.41, 5.74) is 1.30. The van der Waals surface area contributed by atoms with E-state index in [1.165, 1.54) is 5.56 Å². The van der Waals surface area contributed by atoms with Crippen LogP contribution in [0.15, 0.2) is 24.3 Å². The molecule has 1 N–H and O–H groups in total. The molecule has 1 saturated heterocycles. The third kappa shape index (κ3) is 5.19. The number of benzene rings is 1. The second-order valence-electron chi connectivity index (χ2n) is 4.78. The topological polar surface area (TPSA) is 41.9 Å². The van der Waals surface area contributed by atoms with Crippen LogP contribution in [0.1, 0.15) is 12.0 Å². The van der Waals surface area contributed by atoms with Gasteiger partial charge in [-0.3, -0.25) is 4.90 Å². The van der Waals surface area contributed by atoms with Gasteiger partial charge in [0, 0.05) is 13.1 Å². The zero-order valence-electron chi connectivity index (χ0n) is 11.4. The highest BCUT2D eigenvalue weighted by Gasteiger charge is 2.09. The van der Waals surface area contributed by atoms with Gasteiger partial charge in [0.1, 0.15) is 12.4 Å². The van der Waals surface area contributed by atoms with E-state index in [0.717, 1.165) is 51.4 Å². The fourth-order valence-electron chi connectivity index (χ4n) is 2.29. The maximum Gasteiger partial charge on any atom is 0.119 e. The Bertz CT molecular complexity index is 364. The molecule has 0 atom stereocenters. The molecular weight excluding hydrogens is 242 g/mol. The van der Waals surface area contributed by atoms with Crippen LogP contribution < -0.4 is 4.74 Å². The van der Waals surface area contributed by atoms with Crippen molar-refractivity contribution in [2.24, 2.45) is 0 Å². The van der Waals surface area contributed by atoms with E-state index in [2.05, 4.69) is 17.0 Å². The third-order valence-electron chi connectivity index (χ3n) is 3.30. The van der Waals surface area contributed by atoms with Crippen molar-refractivity contribution in [1.29, 1.82) is 0 Å². The molecule has 0 unspecified atom stereocenters. The van der Waals surface area contributed by atoms with Gasteiger partial charge in [-0.05, 0) is 37.1 Å². The molecule has 4 nitrogen and oxygen atoms in total. The number of hydrogen-bond acceptors (Lipinski definition) is 4. The number of ether oxygens (including phenoxy) is 2. The molecule has 0 bridgehead atoms. The smallest absolute Gasteiger partial charge is 0.119 e. The van der Waals surface area contributed by atoms with Gasteiger partial charge in [-0.2, -0.15) is 0 Å². The predicted octanol–water partition coefficient (Wildman–Crippen LogP) is 1.32. The quantitative estimate of drug-likeness (QED) is 0.807. The normalized spacial score (nSPS) is 16.5. The lowest BCUT2D eigenvalue weighted by Crippen LogP contribution is -2.36. The van der Waals surface area contributed by atoms with Crippen LogP contribution in [-0.4, -0.2) is 56.1 Å². The van der Waals surface area contributed by atoms with Gasteiger partial charge < -0.3 is 14.6 Å². The minimum Gasteiger partial charge on any atom is -0.491 e. The number of morpholine rings is 1. The van der Waals surface area contributed by atoms with Gasteiger partial charge in [0.25, 0.3) is 0 Å². The first-order chi connectivity index (χ1) is 9.38. The molecular formula is C15H23NO3. The van der Waals surface area contributed by atoms with Gasteiger partial charge in [-0.15, -0.1) is 0 Å². The van der Waals surface area contributed by atoms with E-state index in [4.69, 9.17) is 14.6 Å². The number of aryl methyl sites for hydroxylation is 1. The van der Waals surface area contributed by atoms with E-state index in [-0.39, 0.29) is 6.61 Å². The lowest BCUT2D eigenvalue weighted by Gasteiger charge is -2.26. The maximum atomic E-state index is 8.74. The Hall–Kier alpha value is -1.10. The lowest BCUT2D eigenvalue weighted by atomic mass is 10.1. The molecule has 19 heavy (non-hydrogen) atoms. The third-order valence-corrected chi connectivity index (χ3v) is 3.30. The van der Waals surface area contributed by atoms with Crippen molar-refractivity contribution < 1.29 is 14.6 Å². The first kappa shape index (κ1) is 14.3. The Balaban J connectivity index is 1.72. The molecule has 0 spiro atoms. The number of hydrogen-bond donors (Lipinski definition) is 1. The summed E-state index contributed by atoms with van der Waals surface area (Å²) in [6.45, 7) is 5.39. The van der Waals surface area contributed by atoms with E-state index in [9.17, 15) is 0 Å². The summed E-state index contributed by atoms with van der Waals surface area (Å²) in [4.78, 5) is 2.45. The molecule has 1 aliphatic rings. The Kier molecular flexibility index (Phi) is 6.14. The largest absolute Gasteiger partial charge is 0.491 e. The Morgan fingerprint density at radius 2 is 2.11 bits per heavy atom. The molecule has 1 aliphatic heterocycles. The van der Waals surface area contributed by atoms with Crippen LogP contribution in [0.3, 0.4) is 0 Å². The van der Waals surface area contributed by atoms with E-state index in [1.807, 2.05) is 12.1 Å². The van der Waals surface area contributed by atoms with Crippen LogP contribution in [0.4, 0.5) is 0 Å². The highest BCUT2D eigenvalue weighted by atomic mass is 16.5. The minimum absolute atomic E-state index is 0.0568. The van der Waals surface area contributed by atoms with E-state index in [0.29, 0.717) is 6.61 Å². The molecule has 1 aromatic rings. The van der Waals surface area contributed by atoms with E-state index >= 15 is 0 Å². The standard InChI is InChI=1S/C15H23NO3/c17-9-12-19-15-5-1-3-14(13-15)4-2-6-16-7-10-18-11-8-16/h1,3,5,13,17H,2,4,6-12H2. The molecule has 1 heterocycles. The summed E-state index contributed by atoms with van der Waals surface area (Å²) in [6.07, 6.45) is 2.22. The van der Waals surface area contributed by atoms with Gasteiger partial charge in [0.05, 0.1) is 19.8 Å². The lowest BCUT2D eigenvalue weighted by molar-refractivity contribution is 0.0374. The Morgan fingerprint density at radius 3 is 2.89 bits per heavy atom. The summed E-state index contributed by atoms with van der Waals surface area (Å²) in [5, 5.41) is 8.74. The van der Waals surface area contributed by atoms with Crippen molar-refractivity contribution in [3.05, 3.63) is 29.8 Å². The molecule has 2 rings (SSSR count). The van der Waals surface area contributed by atoms with Crippen molar-refractivity contribution in [3.63, 3.8) is 0 Å². The molecule has 1 fully saturated rings.